The molecule has 0 spiro atoms. The monoisotopic (exact) mass is 405 g/mol. The second-order valence-corrected chi connectivity index (χ2v) is 7.14. The first-order valence-electron chi connectivity index (χ1n) is 9.58. The van der Waals surface area contributed by atoms with Crippen LogP contribution in [0.4, 0.5) is 4.79 Å². The third-order valence-corrected chi connectivity index (χ3v) is 4.73. The number of aliphatic hydroxyl groups excluding tert-OH is 1. The van der Waals surface area contributed by atoms with Crippen LogP contribution in [-0.2, 0) is 25.7 Å². The van der Waals surface area contributed by atoms with Crippen LogP contribution in [0, 0.1) is 5.92 Å². The van der Waals surface area contributed by atoms with Crippen molar-refractivity contribution in [3.63, 3.8) is 0 Å². The molecule has 0 bridgehead atoms. The Bertz CT molecular complexity index is 724. The summed E-state index contributed by atoms with van der Waals surface area (Å²) < 4.78 is 5.01. The predicted molar refractivity (Wildman–Crippen MR) is 103 cm³/mol. The largest absolute Gasteiger partial charge is 0.445 e. The number of hydrogen-bond acceptors (Lipinski definition) is 6. The van der Waals surface area contributed by atoms with E-state index in [9.17, 15) is 24.3 Å². The summed E-state index contributed by atoms with van der Waals surface area (Å²) in [6.07, 6.45) is -0.266. The molecule has 5 N–H and O–H groups in total. The summed E-state index contributed by atoms with van der Waals surface area (Å²) in [5.74, 6) is -1.59. The van der Waals surface area contributed by atoms with Gasteiger partial charge in [0.2, 0.25) is 11.8 Å². The van der Waals surface area contributed by atoms with E-state index in [0.29, 0.717) is 19.3 Å². The van der Waals surface area contributed by atoms with Gasteiger partial charge in [-0.3, -0.25) is 14.4 Å². The van der Waals surface area contributed by atoms with Crippen LogP contribution in [0.1, 0.15) is 37.7 Å². The van der Waals surface area contributed by atoms with Crippen LogP contribution in [0.5, 0.6) is 0 Å². The maximum Gasteiger partial charge on any atom is 0.407 e. The minimum atomic E-state index is -1.17. The molecule has 3 amide bonds. The molecule has 1 aromatic rings. The maximum atomic E-state index is 12.1. The van der Waals surface area contributed by atoms with Crippen LogP contribution in [0.2, 0.25) is 0 Å². The second kappa shape index (κ2) is 11.2. The van der Waals surface area contributed by atoms with Crippen LogP contribution in [-0.4, -0.2) is 47.5 Å². The van der Waals surface area contributed by atoms with Crippen molar-refractivity contribution in [2.45, 2.75) is 50.9 Å². The van der Waals surface area contributed by atoms with Crippen molar-refractivity contribution in [3.8, 4) is 0 Å². The molecule has 1 aliphatic carbocycles. The summed E-state index contributed by atoms with van der Waals surface area (Å²) >= 11 is 0. The standard InChI is InChI=1S/C20H27N3O6/c21-19(27)18(14-7-4-8-15(24)9-14)23-17(26)10-16(25)11-22-20(28)29-12-13-5-2-1-3-6-13/h1-3,5-6,14,16,18,25H,4,7-12H2,(H2,21,27)(H,22,28)(H,23,26)/t14-,16-,18+/m1/s1. The molecule has 0 aliphatic heterocycles. The quantitative estimate of drug-likeness (QED) is 0.467. The lowest BCUT2D eigenvalue weighted by molar-refractivity contribution is -0.131. The Morgan fingerprint density at radius 2 is 1.97 bits per heavy atom. The van der Waals surface area contributed by atoms with Crippen LogP contribution < -0.4 is 16.4 Å². The highest BCUT2D eigenvalue weighted by Gasteiger charge is 2.32. The highest BCUT2D eigenvalue weighted by atomic mass is 16.5. The summed E-state index contributed by atoms with van der Waals surface area (Å²) in [5, 5.41) is 14.8. The number of hydrogen-bond donors (Lipinski definition) is 4. The first kappa shape index (κ1) is 22.4. The topological polar surface area (TPSA) is 148 Å². The average molecular weight is 405 g/mol. The molecule has 1 fully saturated rings. The number of Topliss-reactive ketones (excluding diaryl/α,β-unsaturated/α-hetero) is 1. The lowest BCUT2D eigenvalue weighted by atomic mass is 9.83. The summed E-state index contributed by atoms with van der Waals surface area (Å²) in [5.41, 5.74) is 6.19. The number of ketones is 1. The van der Waals surface area contributed by atoms with E-state index >= 15 is 0 Å². The molecule has 0 aromatic heterocycles. The van der Waals surface area contributed by atoms with Crippen molar-refractivity contribution in [2.75, 3.05) is 6.54 Å². The Kier molecular flexibility index (Phi) is 8.60. The van der Waals surface area contributed by atoms with E-state index in [1.165, 1.54) is 0 Å². The number of nitrogens with two attached hydrogens (primary N) is 1. The zero-order valence-electron chi connectivity index (χ0n) is 16.1. The van der Waals surface area contributed by atoms with Crippen LogP contribution in [0.15, 0.2) is 30.3 Å². The Labute approximate surface area is 169 Å². The van der Waals surface area contributed by atoms with Gasteiger partial charge in [0.15, 0.2) is 0 Å². The van der Waals surface area contributed by atoms with Gasteiger partial charge in [0.25, 0.3) is 0 Å². The van der Waals surface area contributed by atoms with E-state index in [1.54, 1.807) is 0 Å². The summed E-state index contributed by atoms with van der Waals surface area (Å²) in [6, 6.07) is 8.15. The molecule has 2 rings (SSSR count). The van der Waals surface area contributed by atoms with Crippen molar-refractivity contribution in [3.05, 3.63) is 35.9 Å². The number of benzene rings is 1. The fourth-order valence-electron chi connectivity index (χ4n) is 3.26. The number of nitrogens with one attached hydrogen (secondary N) is 2. The van der Waals surface area contributed by atoms with Gasteiger partial charge in [-0.1, -0.05) is 30.3 Å². The molecule has 3 atom stereocenters. The highest BCUT2D eigenvalue weighted by molar-refractivity contribution is 5.88. The lowest BCUT2D eigenvalue weighted by Crippen LogP contribution is -2.51. The number of alkyl carbamates (subject to hydrolysis) is 1. The van der Waals surface area contributed by atoms with Gasteiger partial charge in [-0.25, -0.2) is 4.79 Å². The van der Waals surface area contributed by atoms with Gasteiger partial charge in [0.05, 0.1) is 12.5 Å². The number of ether oxygens (including phenoxy) is 1. The molecular formula is C20H27N3O6. The highest BCUT2D eigenvalue weighted by Crippen LogP contribution is 2.24. The number of aliphatic hydroxyl groups is 1. The zero-order chi connectivity index (χ0) is 21.2. The van der Waals surface area contributed by atoms with Crippen molar-refractivity contribution in [2.24, 2.45) is 11.7 Å². The number of primary amides is 1. The van der Waals surface area contributed by atoms with E-state index in [-0.39, 0.29) is 37.7 Å². The van der Waals surface area contributed by atoms with Gasteiger partial charge < -0.3 is 26.2 Å². The minimum absolute atomic E-state index is 0.0417. The molecule has 0 radical (unpaired) electrons. The van der Waals surface area contributed by atoms with E-state index in [4.69, 9.17) is 10.5 Å². The van der Waals surface area contributed by atoms with Crippen LogP contribution >= 0.6 is 0 Å². The van der Waals surface area contributed by atoms with E-state index in [0.717, 1.165) is 5.56 Å². The van der Waals surface area contributed by atoms with Crippen molar-refractivity contribution >= 4 is 23.7 Å². The number of amides is 3. The van der Waals surface area contributed by atoms with Gasteiger partial charge in [0, 0.05) is 19.4 Å². The first-order chi connectivity index (χ1) is 13.8. The molecule has 1 saturated carbocycles. The summed E-state index contributed by atoms with van der Waals surface area (Å²) in [7, 11) is 0. The van der Waals surface area contributed by atoms with E-state index in [2.05, 4.69) is 10.6 Å². The Hall–Kier alpha value is -2.94. The number of rotatable bonds is 9. The predicted octanol–water partition coefficient (Wildman–Crippen LogP) is 0.393. The van der Waals surface area contributed by atoms with Crippen LogP contribution in [0.3, 0.4) is 0 Å². The molecule has 0 unspecified atom stereocenters. The van der Waals surface area contributed by atoms with Gasteiger partial charge in [-0.05, 0) is 24.3 Å². The average Bonchev–Trinajstić information content (AvgIpc) is 2.69. The Balaban J connectivity index is 1.72. The van der Waals surface area contributed by atoms with Gasteiger partial charge in [-0.2, -0.15) is 0 Å². The minimum Gasteiger partial charge on any atom is -0.445 e. The molecule has 0 saturated heterocycles. The molecular weight excluding hydrogens is 378 g/mol. The molecule has 1 aliphatic rings. The first-order valence-corrected chi connectivity index (χ1v) is 9.58. The van der Waals surface area contributed by atoms with E-state index < -0.39 is 30.1 Å². The van der Waals surface area contributed by atoms with Gasteiger partial charge in [-0.15, -0.1) is 0 Å². The van der Waals surface area contributed by atoms with Crippen molar-refractivity contribution in [1.29, 1.82) is 0 Å². The molecule has 0 heterocycles. The van der Waals surface area contributed by atoms with Gasteiger partial charge >= 0.3 is 6.09 Å². The molecule has 1 aromatic carbocycles. The fraction of sp³-hybridized carbons (Fsp3) is 0.500. The maximum absolute atomic E-state index is 12.1. The smallest absolute Gasteiger partial charge is 0.407 e. The lowest BCUT2D eigenvalue weighted by Gasteiger charge is -2.28. The zero-order valence-corrected chi connectivity index (χ0v) is 16.1. The fourth-order valence-corrected chi connectivity index (χ4v) is 3.26. The molecule has 9 heteroatoms. The summed E-state index contributed by atoms with van der Waals surface area (Å²) in [4.78, 5) is 47.1. The van der Waals surface area contributed by atoms with Gasteiger partial charge in [0.1, 0.15) is 18.4 Å². The van der Waals surface area contributed by atoms with Crippen LogP contribution in [0.25, 0.3) is 0 Å². The molecule has 158 valence electrons. The Morgan fingerprint density at radius 1 is 1.24 bits per heavy atom. The molecule has 29 heavy (non-hydrogen) atoms. The Morgan fingerprint density at radius 3 is 2.62 bits per heavy atom. The summed E-state index contributed by atoms with van der Waals surface area (Å²) in [6.45, 7) is -0.103. The second-order valence-electron chi connectivity index (χ2n) is 7.14. The van der Waals surface area contributed by atoms with Crippen molar-refractivity contribution < 1.29 is 29.0 Å². The van der Waals surface area contributed by atoms with E-state index in [1.807, 2.05) is 30.3 Å². The normalized spacial score (nSPS) is 18.4. The number of carbonyl (C=O) groups is 4. The molecule has 9 nitrogen and oxygen atoms in total. The van der Waals surface area contributed by atoms with Crippen molar-refractivity contribution in [1.82, 2.24) is 10.6 Å². The SMILES string of the molecule is NC(=O)[C@@H](NC(=O)C[C@@H](O)CNC(=O)OCc1ccccc1)[C@@H]1CCCC(=O)C1. The number of carbonyl (C=O) groups excluding carboxylic acids is 4. The third kappa shape index (κ3) is 7.90. The third-order valence-electron chi connectivity index (χ3n) is 4.73.